The number of amides is 1. The van der Waals surface area contributed by atoms with Crippen LogP contribution in [0.4, 0.5) is 5.82 Å². The summed E-state index contributed by atoms with van der Waals surface area (Å²) in [5.41, 5.74) is 3.37. The number of anilines is 1. The number of carbonyl (C=O) groups excluding carboxylic acids is 1. The monoisotopic (exact) mass is 269 g/mol. The van der Waals surface area contributed by atoms with Crippen molar-refractivity contribution in [2.45, 2.75) is 26.2 Å². The largest absolute Gasteiger partial charge is 0.347 e. The molecule has 0 radical (unpaired) electrons. The summed E-state index contributed by atoms with van der Waals surface area (Å²) in [6.45, 7) is 1.74. The first-order valence-electron chi connectivity index (χ1n) is 6.63. The van der Waals surface area contributed by atoms with E-state index in [4.69, 9.17) is 0 Å². The standard InChI is InChI=1S/C15H15N3O2/c1-9-7-13(18-15(20)16-9)17-14(19)12-6-5-10-3-2-4-11(10)8-12/h5-8H,2-4H2,1H3,(H2,16,17,18,19,20). The molecule has 0 saturated carbocycles. The molecule has 0 bridgehead atoms. The van der Waals surface area contributed by atoms with Crippen LogP contribution in [0.5, 0.6) is 0 Å². The van der Waals surface area contributed by atoms with Gasteiger partial charge in [0.2, 0.25) is 0 Å². The summed E-state index contributed by atoms with van der Waals surface area (Å²) in [6.07, 6.45) is 3.26. The van der Waals surface area contributed by atoms with Crippen molar-refractivity contribution >= 4 is 11.7 Å². The number of aryl methyl sites for hydroxylation is 3. The number of rotatable bonds is 2. The summed E-state index contributed by atoms with van der Waals surface area (Å²) in [4.78, 5) is 29.7. The average molecular weight is 269 g/mol. The molecule has 0 fully saturated rings. The predicted molar refractivity (Wildman–Crippen MR) is 76.0 cm³/mol. The van der Waals surface area contributed by atoms with Crippen LogP contribution in [0.15, 0.2) is 29.1 Å². The molecule has 5 heteroatoms. The average Bonchev–Trinajstić information content (AvgIpc) is 2.84. The number of nitrogens with zero attached hydrogens (tertiary/aromatic N) is 1. The zero-order valence-electron chi connectivity index (χ0n) is 11.2. The van der Waals surface area contributed by atoms with Crippen LogP contribution < -0.4 is 11.0 Å². The molecule has 0 unspecified atom stereocenters. The van der Waals surface area contributed by atoms with E-state index in [0.29, 0.717) is 11.3 Å². The second kappa shape index (κ2) is 4.92. The highest BCUT2D eigenvalue weighted by molar-refractivity contribution is 6.03. The van der Waals surface area contributed by atoms with Gasteiger partial charge in [-0.1, -0.05) is 6.07 Å². The van der Waals surface area contributed by atoms with Gasteiger partial charge in [-0.25, -0.2) is 4.79 Å². The second-order valence-corrected chi connectivity index (χ2v) is 5.05. The lowest BCUT2D eigenvalue weighted by Gasteiger charge is -2.06. The molecule has 1 heterocycles. The van der Waals surface area contributed by atoms with Crippen molar-refractivity contribution in [2.24, 2.45) is 0 Å². The molecule has 1 aromatic heterocycles. The quantitative estimate of drug-likeness (QED) is 0.873. The summed E-state index contributed by atoms with van der Waals surface area (Å²) in [7, 11) is 0. The Morgan fingerprint density at radius 1 is 1.25 bits per heavy atom. The Morgan fingerprint density at radius 3 is 2.85 bits per heavy atom. The second-order valence-electron chi connectivity index (χ2n) is 5.05. The van der Waals surface area contributed by atoms with Gasteiger partial charge in [-0.05, 0) is 49.4 Å². The predicted octanol–water partition coefficient (Wildman–Crippen LogP) is 1.82. The lowest BCUT2D eigenvalue weighted by molar-refractivity contribution is 0.102. The van der Waals surface area contributed by atoms with E-state index < -0.39 is 5.69 Å². The van der Waals surface area contributed by atoms with Crippen LogP contribution in [0.25, 0.3) is 0 Å². The molecule has 1 amide bonds. The Balaban J connectivity index is 1.84. The summed E-state index contributed by atoms with van der Waals surface area (Å²) in [5.74, 6) is 0.0361. The SMILES string of the molecule is Cc1cc(NC(=O)c2ccc3c(c2)CCC3)nc(=O)[nH]1. The third-order valence-electron chi connectivity index (χ3n) is 3.48. The summed E-state index contributed by atoms with van der Waals surface area (Å²) >= 11 is 0. The van der Waals surface area contributed by atoms with Gasteiger partial charge >= 0.3 is 5.69 Å². The van der Waals surface area contributed by atoms with Gasteiger partial charge in [0.05, 0.1) is 0 Å². The molecular formula is C15H15N3O2. The number of aromatic amines is 1. The highest BCUT2D eigenvalue weighted by Gasteiger charge is 2.14. The van der Waals surface area contributed by atoms with E-state index >= 15 is 0 Å². The number of aromatic nitrogens is 2. The first-order valence-corrected chi connectivity index (χ1v) is 6.63. The number of carbonyl (C=O) groups is 1. The van der Waals surface area contributed by atoms with E-state index in [1.165, 1.54) is 11.1 Å². The molecule has 1 aromatic carbocycles. The Labute approximate surface area is 116 Å². The maximum atomic E-state index is 12.2. The van der Waals surface area contributed by atoms with Gasteiger partial charge in [-0.3, -0.25) is 4.79 Å². The van der Waals surface area contributed by atoms with Crippen LogP contribution >= 0.6 is 0 Å². The maximum absolute atomic E-state index is 12.2. The highest BCUT2D eigenvalue weighted by Crippen LogP contribution is 2.23. The van der Waals surface area contributed by atoms with Crippen molar-refractivity contribution in [1.82, 2.24) is 9.97 Å². The molecule has 1 aliphatic rings. The lowest BCUT2D eigenvalue weighted by Crippen LogP contribution is -2.19. The van der Waals surface area contributed by atoms with Crippen molar-refractivity contribution in [3.8, 4) is 0 Å². The highest BCUT2D eigenvalue weighted by atomic mass is 16.2. The van der Waals surface area contributed by atoms with E-state index in [1.54, 1.807) is 13.0 Å². The number of hydrogen-bond acceptors (Lipinski definition) is 3. The van der Waals surface area contributed by atoms with E-state index in [0.717, 1.165) is 19.3 Å². The zero-order valence-corrected chi connectivity index (χ0v) is 11.2. The zero-order chi connectivity index (χ0) is 14.1. The van der Waals surface area contributed by atoms with Crippen molar-refractivity contribution in [2.75, 3.05) is 5.32 Å². The fraction of sp³-hybridized carbons (Fsp3) is 0.267. The summed E-state index contributed by atoms with van der Waals surface area (Å²) < 4.78 is 0. The molecule has 0 saturated heterocycles. The van der Waals surface area contributed by atoms with Gasteiger partial charge in [0, 0.05) is 17.3 Å². The number of hydrogen-bond donors (Lipinski definition) is 2. The Hall–Kier alpha value is -2.43. The Morgan fingerprint density at radius 2 is 2.05 bits per heavy atom. The number of H-pyrrole nitrogens is 1. The van der Waals surface area contributed by atoms with Crippen LogP contribution in [0.3, 0.4) is 0 Å². The normalized spacial score (nSPS) is 13.1. The van der Waals surface area contributed by atoms with Crippen molar-refractivity contribution in [3.63, 3.8) is 0 Å². The first kappa shape index (κ1) is 12.6. The minimum atomic E-state index is -0.464. The molecule has 3 rings (SSSR count). The molecule has 0 atom stereocenters. The number of nitrogens with one attached hydrogen (secondary N) is 2. The van der Waals surface area contributed by atoms with Gasteiger partial charge in [0.25, 0.3) is 5.91 Å². The Bertz CT molecular complexity index is 734. The Kier molecular flexibility index (Phi) is 3.10. The molecule has 0 spiro atoms. The van der Waals surface area contributed by atoms with Crippen LogP contribution in [0, 0.1) is 6.92 Å². The van der Waals surface area contributed by atoms with E-state index in [1.807, 2.05) is 18.2 Å². The fourth-order valence-corrected chi connectivity index (χ4v) is 2.55. The molecule has 0 aliphatic heterocycles. The van der Waals surface area contributed by atoms with E-state index in [9.17, 15) is 9.59 Å². The summed E-state index contributed by atoms with van der Waals surface area (Å²) in [5, 5.41) is 2.66. The van der Waals surface area contributed by atoms with Crippen LogP contribution in [0.2, 0.25) is 0 Å². The smallest absolute Gasteiger partial charge is 0.310 e. The topological polar surface area (TPSA) is 74.8 Å². The maximum Gasteiger partial charge on any atom is 0.347 e. The van der Waals surface area contributed by atoms with Crippen molar-refractivity contribution < 1.29 is 4.79 Å². The van der Waals surface area contributed by atoms with E-state index in [-0.39, 0.29) is 11.7 Å². The molecule has 1 aliphatic carbocycles. The van der Waals surface area contributed by atoms with E-state index in [2.05, 4.69) is 15.3 Å². The molecule has 2 N–H and O–H groups in total. The van der Waals surface area contributed by atoms with Crippen LogP contribution in [0.1, 0.15) is 33.6 Å². The van der Waals surface area contributed by atoms with Gasteiger partial charge < -0.3 is 10.3 Å². The third-order valence-corrected chi connectivity index (χ3v) is 3.48. The molecular weight excluding hydrogens is 254 g/mol. The van der Waals surface area contributed by atoms with Crippen LogP contribution in [-0.2, 0) is 12.8 Å². The first-order chi connectivity index (χ1) is 9.61. The van der Waals surface area contributed by atoms with Crippen LogP contribution in [-0.4, -0.2) is 15.9 Å². The van der Waals surface area contributed by atoms with Crippen molar-refractivity contribution in [3.05, 3.63) is 57.1 Å². The molecule has 2 aromatic rings. The number of benzene rings is 1. The van der Waals surface area contributed by atoms with Gasteiger partial charge in [-0.15, -0.1) is 0 Å². The van der Waals surface area contributed by atoms with Gasteiger partial charge in [0.15, 0.2) is 0 Å². The number of fused-ring (bicyclic) bond motifs is 1. The van der Waals surface area contributed by atoms with Gasteiger partial charge in [-0.2, -0.15) is 4.98 Å². The minimum Gasteiger partial charge on any atom is -0.310 e. The minimum absolute atomic E-state index is 0.239. The van der Waals surface area contributed by atoms with Gasteiger partial charge in [0.1, 0.15) is 5.82 Å². The third kappa shape index (κ3) is 2.47. The molecule has 102 valence electrons. The molecule has 20 heavy (non-hydrogen) atoms. The fourth-order valence-electron chi connectivity index (χ4n) is 2.55. The van der Waals surface area contributed by atoms with Crippen molar-refractivity contribution in [1.29, 1.82) is 0 Å². The lowest BCUT2D eigenvalue weighted by atomic mass is 10.1. The molecule has 5 nitrogen and oxygen atoms in total. The summed E-state index contributed by atoms with van der Waals surface area (Å²) in [6, 6.07) is 7.39.